The Kier molecular flexibility index (Phi) is 12.0. The highest BCUT2D eigenvalue weighted by atomic mass is 32.2. The molecule has 2 aromatic rings. The van der Waals surface area contributed by atoms with Crippen molar-refractivity contribution in [3.63, 3.8) is 0 Å². The van der Waals surface area contributed by atoms with Gasteiger partial charge < -0.3 is 10.6 Å². The maximum absolute atomic E-state index is 12.7. The van der Waals surface area contributed by atoms with Gasteiger partial charge in [-0.15, -0.1) is 11.8 Å². The first-order valence-corrected chi connectivity index (χ1v) is 16.8. The highest BCUT2D eigenvalue weighted by Gasteiger charge is 2.32. The Labute approximate surface area is 249 Å². The quantitative estimate of drug-likeness (QED) is 0.201. The van der Waals surface area contributed by atoms with Crippen LogP contribution in [-0.2, 0) is 19.7 Å². The van der Waals surface area contributed by atoms with Crippen LogP contribution in [0.3, 0.4) is 0 Å². The van der Waals surface area contributed by atoms with Crippen molar-refractivity contribution in [2.45, 2.75) is 47.2 Å². The molecule has 2 saturated heterocycles. The standard InChI is InChI=1S/C13H18N4OS2.C13H17N3O2S2/c1-3-4-6-14-12-8-16-13(9-15-12)20(2,18)17-7-5-11(19)10-17;1-2-3-7-14-11-4-5-13(15-9-11)20(17,18)16-8-6-12(19)10-16/h8-9,11,19H,2,5-7,10H2,1H3,(H,14,15);4-5,9,12,14,19H,6-8,10H2,1H3. The molecule has 3 unspecified atom stereocenters. The third kappa shape index (κ3) is 8.77. The van der Waals surface area contributed by atoms with Crippen molar-refractivity contribution in [2.24, 2.45) is 0 Å². The van der Waals surface area contributed by atoms with Crippen molar-refractivity contribution in [2.75, 3.05) is 49.9 Å². The van der Waals surface area contributed by atoms with Crippen LogP contribution in [0.2, 0.25) is 0 Å². The molecule has 2 aliphatic rings. The number of thiol groups is 2. The summed E-state index contributed by atoms with van der Waals surface area (Å²) in [5.74, 6) is 15.7. The number of nitrogens with zero attached hydrogens (tertiary/aromatic N) is 5. The van der Waals surface area contributed by atoms with E-state index >= 15 is 0 Å². The number of rotatable bonds is 8. The Morgan fingerprint density at radius 1 is 0.875 bits per heavy atom. The highest BCUT2D eigenvalue weighted by Crippen LogP contribution is 2.23. The van der Waals surface area contributed by atoms with Crippen molar-refractivity contribution >= 4 is 62.4 Å². The van der Waals surface area contributed by atoms with E-state index in [-0.39, 0.29) is 15.5 Å². The SMILES string of the molecule is C=S(=O)(c1cnc(NCC#CC)cn1)N1CCC(S)C1.CC#CCNc1ccc(S(=O)(=O)N2CCC(S)C2)nc1. The average molecular weight is 622 g/mol. The van der Waals surface area contributed by atoms with E-state index in [1.165, 1.54) is 22.8 Å². The fraction of sp³-hybridized carbons (Fsp3) is 0.462. The van der Waals surface area contributed by atoms with E-state index in [1.54, 1.807) is 26.1 Å². The van der Waals surface area contributed by atoms with Gasteiger partial charge in [-0.2, -0.15) is 29.6 Å². The normalized spacial score (nSPS) is 20.6. The van der Waals surface area contributed by atoms with Gasteiger partial charge in [-0.25, -0.2) is 31.9 Å². The molecule has 10 nitrogen and oxygen atoms in total. The van der Waals surface area contributed by atoms with Crippen molar-refractivity contribution in [3.8, 4) is 23.7 Å². The second kappa shape index (κ2) is 15.0. The molecule has 0 amide bonds. The number of hydrogen-bond acceptors (Lipinski definition) is 10. The Morgan fingerprint density at radius 2 is 1.48 bits per heavy atom. The summed E-state index contributed by atoms with van der Waals surface area (Å²) >= 11 is 8.72. The van der Waals surface area contributed by atoms with E-state index in [0.717, 1.165) is 25.1 Å². The Bertz CT molecular complexity index is 1350. The lowest BCUT2D eigenvalue weighted by atomic mass is 10.4. The average Bonchev–Trinajstić information content (AvgIpc) is 3.59. The van der Waals surface area contributed by atoms with Crippen LogP contribution < -0.4 is 10.6 Å². The Balaban J connectivity index is 0.000000220. The molecular formula is C26H35N7O3S4. The monoisotopic (exact) mass is 621 g/mol. The van der Waals surface area contributed by atoms with Crippen LogP contribution in [0.25, 0.3) is 0 Å². The summed E-state index contributed by atoms with van der Waals surface area (Å²) < 4.78 is 40.7. The topological polar surface area (TPSA) is 120 Å². The van der Waals surface area contributed by atoms with Crippen LogP contribution in [0, 0.1) is 23.7 Å². The third-order valence-corrected chi connectivity index (χ3v) is 10.7. The van der Waals surface area contributed by atoms with Gasteiger partial charge in [0, 0.05) is 36.7 Å². The highest BCUT2D eigenvalue weighted by molar-refractivity contribution is 7.98. The van der Waals surface area contributed by atoms with Gasteiger partial charge in [-0.05, 0) is 44.7 Å². The van der Waals surface area contributed by atoms with Crippen LogP contribution >= 0.6 is 25.3 Å². The molecule has 0 bridgehead atoms. The van der Waals surface area contributed by atoms with Crippen LogP contribution in [0.4, 0.5) is 11.5 Å². The summed E-state index contributed by atoms with van der Waals surface area (Å²) in [6.45, 7) is 6.90. The number of sulfonamides is 1. The first-order chi connectivity index (χ1) is 19.1. The molecular weight excluding hydrogens is 587 g/mol. The van der Waals surface area contributed by atoms with E-state index in [4.69, 9.17) is 0 Å². The molecule has 0 aliphatic carbocycles. The minimum atomic E-state index is -3.50. The molecule has 14 heteroatoms. The minimum absolute atomic E-state index is 0.0760. The molecule has 2 fully saturated rings. The number of aromatic nitrogens is 3. The van der Waals surface area contributed by atoms with Gasteiger partial charge in [0.15, 0.2) is 10.1 Å². The molecule has 2 aromatic heterocycles. The van der Waals surface area contributed by atoms with E-state index < -0.39 is 19.7 Å². The molecule has 4 heterocycles. The number of anilines is 2. The summed E-state index contributed by atoms with van der Waals surface area (Å²) in [6.07, 6.45) is 6.28. The molecule has 2 N–H and O–H groups in total. The molecule has 40 heavy (non-hydrogen) atoms. The lowest BCUT2D eigenvalue weighted by Gasteiger charge is -2.19. The van der Waals surface area contributed by atoms with Crippen molar-refractivity contribution in [1.82, 2.24) is 23.6 Å². The summed E-state index contributed by atoms with van der Waals surface area (Å²) in [5.41, 5.74) is 0.750. The van der Waals surface area contributed by atoms with Gasteiger partial charge in [-0.1, -0.05) is 11.8 Å². The van der Waals surface area contributed by atoms with Crippen LogP contribution in [0.15, 0.2) is 40.8 Å². The van der Waals surface area contributed by atoms with Gasteiger partial charge in [-0.3, -0.25) is 0 Å². The first-order valence-electron chi connectivity index (χ1n) is 12.6. The van der Waals surface area contributed by atoms with Gasteiger partial charge in [0.1, 0.15) is 5.82 Å². The number of nitrogens with one attached hydrogen (secondary N) is 2. The lowest BCUT2D eigenvalue weighted by molar-refractivity contribution is 0.475. The molecule has 216 valence electrons. The fourth-order valence-electron chi connectivity index (χ4n) is 3.84. The molecule has 3 atom stereocenters. The molecule has 2 aliphatic heterocycles. The number of pyridine rings is 1. The van der Waals surface area contributed by atoms with Gasteiger partial charge in [0.25, 0.3) is 10.0 Å². The zero-order valence-corrected chi connectivity index (χ0v) is 26.0. The molecule has 0 aromatic carbocycles. The second-order valence-electron chi connectivity index (χ2n) is 8.96. The zero-order chi connectivity index (χ0) is 29.2. The van der Waals surface area contributed by atoms with E-state index in [2.05, 4.69) is 80.4 Å². The van der Waals surface area contributed by atoms with Crippen molar-refractivity contribution in [1.29, 1.82) is 0 Å². The predicted octanol–water partition coefficient (Wildman–Crippen LogP) is 2.12. The molecule has 0 saturated carbocycles. The maximum Gasteiger partial charge on any atom is 0.260 e. The second-order valence-corrected chi connectivity index (χ2v) is 14.5. The lowest BCUT2D eigenvalue weighted by Crippen LogP contribution is -2.29. The number of hydrogen-bond donors (Lipinski definition) is 4. The summed E-state index contributed by atoms with van der Waals surface area (Å²) in [7, 11) is -6.05. The zero-order valence-electron chi connectivity index (χ0n) is 22.6. The molecule has 0 radical (unpaired) electrons. The Morgan fingerprint density at radius 3 is 1.98 bits per heavy atom. The van der Waals surface area contributed by atoms with Gasteiger partial charge >= 0.3 is 0 Å². The van der Waals surface area contributed by atoms with E-state index in [9.17, 15) is 12.6 Å². The van der Waals surface area contributed by atoms with Crippen LogP contribution in [0.1, 0.15) is 26.7 Å². The van der Waals surface area contributed by atoms with E-state index in [1.807, 2.05) is 4.31 Å². The minimum Gasteiger partial charge on any atom is -0.373 e. The third-order valence-electron chi connectivity index (χ3n) is 6.06. The fourth-order valence-corrected chi connectivity index (χ4v) is 7.62. The van der Waals surface area contributed by atoms with Crippen molar-refractivity contribution in [3.05, 3.63) is 30.7 Å². The summed E-state index contributed by atoms with van der Waals surface area (Å²) in [6, 6.07) is 3.22. The maximum atomic E-state index is 12.7. The van der Waals surface area contributed by atoms with Crippen LogP contribution in [0.5, 0.6) is 0 Å². The van der Waals surface area contributed by atoms with Crippen LogP contribution in [-0.4, -0.2) is 91.8 Å². The first kappa shape index (κ1) is 32.1. The smallest absolute Gasteiger partial charge is 0.260 e. The molecule has 4 rings (SSSR count). The van der Waals surface area contributed by atoms with Crippen molar-refractivity contribution < 1.29 is 12.6 Å². The van der Waals surface area contributed by atoms with Gasteiger partial charge in [0.05, 0.1) is 47.1 Å². The summed E-state index contributed by atoms with van der Waals surface area (Å²) in [5, 5.41) is 6.90. The van der Waals surface area contributed by atoms with Gasteiger partial charge in [0.2, 0.25) is 0 Å². The Hall–Kier alpha value is -2.46. The summed E-state index contributed by atoms with van der Waals surface area (Å²) in [4.78, 5) is 12.5. The largest absolute Gasteiger partial charge is 0.373 e. The van der Waals surface area contributed by atoms with E-state index in [0.29, 0.717) is 43.6 Å². The molecule has 0 spiro atoms. The predicted molar refractivity (Wildman–Crippen MR) is 169 cm³/mol.